The number of hydrogen-bond donors (Lipinski definition) is 1. The summed E-state index contributed by atoms with van der Waals surface area (Å²) in [5.74, 6) is 1.29. The van der Waals surface area contributed by atoms with E-state index in [1.54, 1.807) is 0 Å². The summed E-state index contributed by atoms with van der Waals surface area (Å²) in [5, 5.41) is 12.2. The van der Waals surface area contributed by atoms with E-state index in [2.05, 4.69) is 27.6 Å². The standard InChI is InChI=1S/C18H24N4O2S/c1-22-16(10-9-14-6-3-2-4-7-14)20-21-18(22)25-13-17(23)19-12-15-8-5-11-24-15/h2-4,6-7,15H,5,8-13H2,1H3,(H,19,23)/t15-/m1/s1. The minimum absolute atomic E-state index is 0.00864. The number of rotatable bonds is 8. The zero-order valence-corrected chi connectivity index (χ0v) is 15.3. The summed E-state index contributed by atoms with van der Waals surface area (Å²) >= 11 is 1.42. The largest absolute Gasteiger partial charge is 0.376 e. The third kappa shape index (κ3) is 5.31. The first-order chi connectivity index (χ1) is 12.2. The molecule has 0 spiro atoms. The van der Waals surface area contributed by atoms with Gasteiger partial charge >= 0.3 is 0 Å². The van der Waals surface area contributed by atoms with Gasteiger partial charge < -0.3 is 14.6 Å². The number of nitrogens with one attached hydrogen (secondary N) is 1. The number of carbonyl (C=O) groups excluding carboxylic acids is 1. The van der Waals surface area contributed by atoms with Crippen molar-refractivity contribution in [3.63, 3.8) is 0 Å². The molecule has 1 saturated heterocycles. The van der Waals surface area contributed by atoms with Crippen molar-refractivity contribution >= 4 is 17.7 Å². The Hall–Kier alpha value is -1.86. The number of carbonyl (C=O) groups is 1. The van der Waals surface area contributed by atoms with Crippen LogP contribution in [0, 0.1) is 0 Å². The van der Waals surface area contributed by atoms with Crippen molar-refractivity contribution in [2.45, 2.75) is 36.9 Å². The Labute approximate surface area is 152 Å². The molecule has 1 fully saturated rings. The molecule has 134 valence electrons. The van der Waals surface area contributed by atoms with Crippen LogP contribution in [0.1, 0.15) is 24.2 Å². The maximum Gasteiger partial charge on any atom is 0.230 e. The molecule has 1 atom stereocenters. The molecule has 0 saturated carbocycles. The van der Waals surface area contributed by atoms with E-state index in [-0.39, 0.29) is 12.0 Å². The fraction of sp³-hybridized carbons (Fsp3) is 0.500. The molecular weight excluding hydrogens is 336 g/mol. The van der Waals surface area contributed by atoms with Crippen LogP contribution in [0.3, 0.4) is 0 Å². The minimum Gasteiger partial charge on any atom is -0.376 e. The van der Waals surface area contributed by atoms with Gasteiger partial charge in [0.1, 0.15) is 5.82 Å². The van der Waals surface area contributed by atoms with Crippen molar-refractivity contribution < 1.29 is 9.53 Å². The maximum absolute atomic E-state index is 12.0. The Balaban J connectivity index is 1.43. The highest BCUT2D eigenvalue weighted by Crippen LogP contribution is 2.16. The van der Waals surface area contributed by atoms with Crippen molar-refractivity contribution in [1.29, 1.82) is 0 Å². The average molecular weight is 360 g/mol. The lowest BCUT2D eigenvalue weighted by molar-refractivity contribution is -0.119. The van der Waals surface area contributed by atoms with Gasteiger partial charge in [0.25, 0.3) is 0 Å². The summed E-state index contributed by atoms with van der Waals surface area (Å²) in [5.41, 5.74) is 1.29. The smallest absolute Gasteiger partial charge is 0.230 e. The summed E-state index contributed by atoms with van der Waals surface area (Å²) in [6, 6.07) is 10.3. The van der Waals surface area contributed by atoms with E-state index >= 15 is 0 Å². The lowest BCUT2D eigenvalue weighted by Crippen LogP contribution is -2.32. The second-order valence-electron chi connectivity index (χ2n) is 6.17. The predicted octanol–water partition coefficient (Wildman–Crippen LogP) is 1.99. The van der Waals surface area contributed by atoms with Gasteiger partial charge in [-0.25, -0.2) is 0 Å². The van der Waals surface area contributed by atoms with E-state index in [1.165, 1.54) is 17.3 Å². The van der Waals surface area contributed by atoms with Crippen molar-refractivity contribution in [3.8, 4) is 0 Å². The second kappa shape index (κ2) is 9.01. The highest BCUT2D eigenvalue weighted by molar-refractivity contribution is 7.99. The molecule has 0 bridgehead atoms. The third-order valence-corrected chi connectivity index (χ3v) is 5.31. The Morgan fingerprint density at radius 3 is 2.92 bits per heavy atom. The predicted molar refractivity (Wildman–Crippen MR) is 97.6 cm³/mol. The molecule has 2 heterocycles. The lowest BCUT2D eigenvalue weighted by Gasteiger charge is -2.10. The first-order valence-corrected chi connectivity index (χ1v) is 9.64. The monoisotopic (exact) mass is 360 g/mol. The number of ether oxygens (including phenoxy) is 1. The number of aryl methyl sites for hydroxylation is 2. The van der Waals surface area contributed by atoms with Crippen molar-refractivity contribution in [2.75, 3.05) is 18.9 Å². The topological polar surface area (TPSA) is 69.0 Å². The SMILES string of the molecule is Cn1c(CCc2ccccc2)nnc1SCC(=O)NC[C@H]1CCCO1. The minimum atomic E-state index is 0.00864. The molecule has 3 rings (SSSR count). The zero-order valence-electron chi connectivity index (χ0n) is 14.5. The third-order valence-electron chi connectivity index (χ3n) is 4.29. The number of amides is 1. The van der Waals surface area contributed by atoms with Gasteiger partial charge in [0.2, 0.25) is 5.91 Å². The summed E-state index contributed by atoms with van der Waals surface area (Å²) in [6.45, 7) is 1.40. The van der Waals surface area contributed by atoms with Crippen molar-refractivity contribution in [3.05, 3.63) is 41.7 Å². The number of thioether (sulfide) groups is 1. The number of aromatic nitrogens is 3. The van der Waals surface area contributed by atoms with E-state index in [1.807, 2.05) is 29.8 Å². The molecule has 6 nitrogen and oxygen atoms in total. The van der Waals surface area contributed by atoms with Crippen LogP contribution in [0.15, 0.2) is 35.5 Å². The molecule has 1 N–H and O–H groups in total. The number of hydrogen-bond acceptors (Lipinski definition) is 5. The van der Waals surface area contributed by atoms with Gasteiger partial charge in [-0.05, 0) is 24.8 Å². The molecule has 0 unspecified atom stereocenters. The Morgan fingerprint density at radius 1 is 1.32 bits per heavy atom. The highest BCUT2D eigenvalue weighted by atomic mass is 32.2. The molecule has 1 amide bonds. The Bertz CT molecular complexity index is 684. The zero-order chi connectivity index (χ0) is 17.5. The summed E-state index contributed by atoms with van der Waals surface area (Å²) < 4.78 is 7.48. The van der Waals surface area contributed by atoms with E-state index in [9.17, 15) is 4.79 Å². The van der Waals surface area contributed by atoms with Crippen molar-refractivity contribution in [2.24, 2.45) is 7.05 Å². The summed E-state index contributed by atoms with van der Waals surface area (Å²) in [4.78, 5) is 12.0. The van der Waals surface area contributed by atoms with E-state index in [4.69, 9.17) is 4.74 Å². The van der Waals surface area contributed by atoms with Gasteiger partial charge in [-0.3, -0.25) is 4.79 Å². The van der Waals surface area contributed by atoms with E-state index < -0.39 is 0 Å². The van der Waals surface area contributed by atoms with Crippen LogP contribution < -0.4 is 5.32 Å². The van der Waals surface area contributed by atoms with Crippen LogP contribution in [0.5, 0.6) is 0 Å². The molecule has 1 aromatic carbocycles. The van der Waals surface area contributed by atoms with Gasteiger partial charge in [0.05, 0.1) is 11.9 Å². The maximum atomic E-state index is 12.0. The average Bonchev–Trinajstić information content (AvgIpc) is 3.27. The van der Waals surface area contributed by atoms with E-state index in [0.717, 1.165) is 43.3 Å². The quantitative estimate of drug-likeness (QED) is 0.729. The lowest BCUT2D eigenvalue weighted by atomic mass is 10.1. The first kappa shape index (κ1) is 17.9. The number of nitrogens with zero attached hydrogens (tertiary/aromatic N) is 3. The van der Waals surface area contributed by atoms with Crippen LogP contribution in [0.25, 0.3) is 0 Å². The molecule has 25 heavy (non-hydrogen) atoms. The molecule has 0 aliphatic carbocycles. The fourth-order valence-electron chi connectivity index (χ4n) is 2.80. The normalized spacial score (nSPS) is 16.9. The second-order valence-corrected chi connectivity index (χ2v) is 7.11. The van der Waals surface area contributed by atoms with Gasteiger partial charge in [0.15, 0.2) is 5.16 Å². The Morgan fingerprint density at radius 2 is 2.16 bits per heavy atom. The molecule has 7 heteroatoms. The highest BCUT2D eigenvalue weighted by Gasteiger charge is 2.17. The molecule has 1 aromatic heterocycles. The molecule has 1 aliphatic heterocycles. The summed E-state index contributed by atoms with van der Waals surface area (Å²) in [6.07, 6.45) is 4.05. The van der Waals surface area contributed by atoms with Crippen LogP contribution in [-0.2, 0) is 29.4 Å². The van der Waals surface area contributed by atoms with Gasteiger partial charge in [-0.2, -0.15) is 0 Å². The van der Waals surface area contributed by atoms with Gasteiger partial charge in [-0.15, -0.1) is 10.2 Å². The van der Waals surface area contributed by atoms with Gasteiger partial charge in [0, 0.05) is 26.6 Å². The number of benzene rings is 1. The molecule has 1 aliphatic rings. The fourth-order valence-corrected chi connectivity index (χ4v) is 3.56. The van der Waals surface area contributed by atoms with Crippen LogP contribution in [-0.4, -0.2) is 45.7 Å². The van der Waals surface area contributed by atoms with E-state index in [0.29, 0.717) is 12.3 Å². The van der Waals surface area contributed by atoms with Crippen LogP contribution >= 0.6 is 11.8 Å². The van der Waals surface area contributed by atoms with Gasteiger partial charge in [-0.1, -0.05) is 42.1 Å². The molecule has 0 radical (unpaired) electrons. The summed E-state index contributed by atoms with van der Waals surface area (Å²) in [7, 11) is 1.95. The first-order valence-electron chi connectivity index (χ1n) is 8.65. The Kier molecular flexibility index (Phi) is 6.47. The van der Waals surface area contributed by atoms with Crippen LogP contribution in [0.2, 0.25) is 0 Å². The molecular formula is C18H24N4O2S. The van der Waals surface area contributed by atoms with Crippen LogP contribution in [0.4, 0.5) is 0 Å². The van der Waals surface area contributed by atoms with Crippen molar-refractivity contribution in [1.82, 2.24) is 20.1 Å². The molecule has 2 aromatic rings.